The Morgan fingerprint density at radius 1 is 0.314 bits per heavy atom. The monoisotopic (exact) mass is 683 g/mol. The Hall–Kier alpha value is -6.00. The van der Waals surface area contributed by atoms with Gasteiger partial charge in [-0.2, -0.15) is 0 Å². The highest BCUT2D eigenvalue weighted by atomic mass is 32.1. The van der Waals surface area contributed by atoms with Crippen LogP contribution in [0.1, 0.15) is 0 Å². The molecule has 11 rings (SSSR count). The van der Waals surface area contributed by atoms with E-state index in [1.165, 1.54) is 83.8 Å². The van der Waals surface area contributed by atoms with Gasteiger partial charge in [-0.3, -0.25) is 0 Å². The maximum Gasteiger partial charge on any atom is 0.0476 e. The maximum absolute atomic E-state index is 2.42. The summed E-state index contributed by atoms with van der Waals surface area (Å²) < 4.78 is 5.25. The average molecular weight is 684 g/mol. The van der Waals surface area contributed by atoms with Crippen molar-refractivity contribution in [3.05, 3.63) is 176 Å². The molecule has 0 aliphatic rings. The van der Waals surface area contributed by atoms with Gasteiger partial charge in [0.15, 0.2) is 0 Å². The van der Waals surface area contributed by atoms with Crippen molar-refractivity contribution in [2.45, 2.75) is 0 Å². The summed E-state index contributed by atoms with van der Waals surface area (Å²) in [6.45, 7) is 0. The lowest BCUT2D eigenvalue weighted by atomic mass is 9.91. The molecule has 0 unspecified atom stereocenters. The normalized spacial score (nSPS) is 11.9. The first-order valence-electron chi connectivity index (χ1n) is 17.3. The van der Waals surface area contributed by atoms with Crippen LogP contribution in [-0.4, -0.2) is 0 Å². The topological polar surface area (TPSA) is 3.24 Å². The molecule has 2 heterocycles. The lowest BCUT2D eigenvalue weighted by molar-refractivity contribution is 1.30. The predicted octanol–water partition coefficient (Wildman–Crippen LogP) is 15.0. The minimum Gasteiger partial charge on any atom is -0.310 e. The fourth-order valence-corrected chi connectivity index (χ4v) is 10.3. The summed E-state index contributed by atoms with van der Waals surface area (Å²) in [5.41, 5.74) is 5.91. The summed E-state index contributed by atoms with van der Waals surface area (Å²) in [6.07, 6.45) is 0. The van der Waals surface area contributed by atoms with Crippen molar-refractivity contribution >= 4 is 112 Å². The number of thiophene rings is 2. The summed E-state index contributed by atoms with van der Waals surface area (Å²) in [7, 11) is 0. The standard InChI is InChI=1S/C48H29NS2/c1-2-10-36-30(9-1)17-18-32-27-42(37-11-3-4-14-41(37)48(32)36)31-19-21-33(22-20-31)49(34-24-26-46-43(28-34)39-13-6-8-16-45(39)50-46)35-23-25-40-38-12-5-7-15-44(38)51-47(40)29-35/h1-29H. The molecule has 1 nitrogen and oxygen atoms in total. The molecule has 0 saturated heterocycles. The molecule has 11 aromatic rings. The van der Waals surface area contributed by atoms with Crippen LogP contribution in [0.3, 0.4) is 0 Å². The molecule has 0 bridgehead atoms. The van der Waals surface area contributed by atoms with Gasteiger partial charge >= 0.3 is 0 Å². The van der Waals surface area contributed by atoms with Gasteiger partial charge in [0.25, 0.3) is 0 Å². The molecule has 0 atom stereocenters. The molecule has 0 radical (unpaired) electrons. The zero-order chi connectivity index (χ0) is 33.5. The molecule has 0 fully saturated rings. The van der Waals surface area contributed by atoms with Crippen molar-refractivity contribution < 1.29 is 0 Å². The van der Waals surface area contributed by atoms with Gasteiger partial charge in [-0.25, -0.2) is 0 Å². The van der Waals surface area contributed by atoms with E-state index in [1.54, 1.807) is 0 Å². The van der Waals surface area contributed by atoms with Crippen molar-refractivity contribution in [1.29, 1.82) is 0 Å². The summed E-state index contributed by atoms with van der Waals surface area (Å²) in [5.74, 6) is 0. The van der Waals surface area contributed by atoms with Gasteiger partial charge in [0, 0.05) is 57.4 Å². The van der Waals surface area contributed by atoms with Gasteiger partial charge in [-0.05, 0) is 104 Å². The molecule has 0 N–H and O–H groups in total. The SMILES string of the molecule is c1ccc2c(c1)ccc1cc(-c3ccc(N(c4ccc5c(c4)sc4ccccc45)c4ccc5sc6ccccc6c5c4)cc3)c3ccccc3c12. The first-order valence-corrected chi connectivity index (χ1v) is 19.0. The van der Waals surface area contributed by atoms with E-state index in [2.05, 4.69) is 181 Å². The quantitative estimate of drug-likeness (QED) is 0.167. The van der Waals surface area contributed by atoms with Crippen LogP contribution in [-0.2, 0) is 0 Å². The van der Waals surface area contributed by atoms with Crippen molar-refractivity contribution in [2.75, 3.05) is 4.90 Å². The molecular formula is C48H29NS2. The van der Waals surface area contributed by atoms with Gasteiger partial charge in [0.1, 0.15) is 0 Å². The molecule has 0 saturated carbocycles. The predicted molar refractivity (Wildman–Crippen MR) is 225 cm³/mol. The summed E-state index contributed by atoms with van der Waals surface area (Å²) in [4.78, 5) is 2.42. The Bertz CT molecular complexity index is 3150. The van der Waals surface area contributed by atoms with E-state index in [0.29, 0.717) is 0 Å². The maximum atomic E-state index is 2.42. The van der Waals surface area contributed by atoms with Crippen molar-refractivity contribution in [1.82, 2.24) is 0 Å². The summed E-state index contributed by atoms with van der Waals surface area (Å²) in [5, 5.41) is 13.0. The van der Waals surface area contributed by atoms with Gasteiger partial charge in [0.2, 0.25) is 0 Å². The number of hydrogen-bond acceptors (Lipinski definition) is 3. The van der Waals surface area contributed by atoms with E-state index in [4.69, 9.17) is 0 Å². The molecule has 51 heavy (non-hydrogen) atoms. The minimum atomic E-state index is 1.13. The van der Waals surface area contributed by atoms with Crippen LogP contribution in [0.15, 0.2) is 176 Å². The van der Waals surface area contributed by atoms with Crippen LogP contribution in [0.2, 0.25) is 0 Å². The molecule has 0 aliphatic carbocycles. The van der Waals surface area contributed by atoms with Crippen LogP contribution in [0, 0.1) is 0 Å². The highest BCUT2D eigenvalue weighted by Gasteiger charge is 2.18. The second kappa shape index (κ2) is 11.3. The van der Waals surface area contributed by atoms with Gasteiger partial charge < -0.3 is 4.90 Å². The minimum absolute atomic E-state index is 1.13. The van der Waals surface area contributed by atoms with Crippen LogP contribution in [0.4, 0.5) is 17.1 Å². The van der Waals surface area contributed by atoms with E-state index in [9.17, 15) is 0 Å². The van der Waals surface area contributed by atoms with E-state index in [0.717, 1.165) is 17.1 Å². The number of hydrogen-bond donors (Lipinski definition) is 0. The first kappa shape index (κ1) is 28.8. The van der Waals surface area contributed by atoms with E-state index >= 15 is 0 Å². The van der Waals surface area contributed by atoms with Gasteiger partial charge in [-0.1, -0.05) is 115 Å². The summed E-state index contributed by atoms with van der Waals surface area (Å²) >= 11 is 3.73. The zero-order valence-electron chi connectivity index (χ0n) is 27.5. The Morgan fingerprint density at radius 2 is 0.863 bits per heavy atom. The van der Waals surface area contributed by atoms with Crippen molar-refractivity contribution in [3.63, 3.8) is 0 Å². The van der Waals surface area contributed by atoms with E-state index in [1.807, 2.05) is 22.7 Å². The lowest BCUT2D eigenvalue weighted by Crippen LogP contribution is -2.09. The Kier molecular flexibility index (Phi) is 6.36. The molecule has 2 aromatic heterocycles. The molecule has 3 heteroatoms. The molecular weight excluding hydrogens is 655 g/mol. The van der Waals surface area contributed by atoms with Crippen molar-refractivity contribution in [3.8, 4) is 11.1 Å². The smallest absolute Gasteiger partial charge is 0.0476 e. The number of rotatable bonds is 4. The van der Waals surface area contributed by atoms with Crippen LogP contribution in [0.5, 0.6) is 0 Å². The lowest BCUT2D eigenvalue weighted by Gasteiger charge is -2.26. The van der Waals surface area contributed by atoms with Gasteiger partial charge in [0.05, 0.1) is 0 Å². The molecule has 0 spiro atoms. The van der Waals surface area contributed by atoms with Crippen molar-refractivity contribution in [2.24, 2.45) is 0 Å². The largest absolute Gasteiger partial charge is 0.310 e. The highest BCUT2D eigenvalue weighted by Crippen LogP contribution is 2.44. The van der Waals surface area contributed by atoms with E-state index in [-0.39, 0.29) is 0 Å². The van der Waals surface area contributed by atoms with Gasteiger partial charge in [-0.15, -0.1) is 22.7 Å². The third-order valence-electron chi connectivity index (χ3n) is 10.4. The third-order valence-corrected chi connectivity index (χ3v) is 12.7. The fraction of sp³-hybridized carbons (Fsp3) is 0. The molecule has 0 aliphatic heterocycles. The Balaban J connectivity index is 1.09. The molecule has 238 valence electrons. The third kappa shape index (κ3) is 4.52. The number of fused-ring (bicyclic) bond motifs is 11. The molecule has 9 aromatic carbocycles. The van der Waals surface area contributed by atoms with E-state index < -0.39 is 0 Å². The Labute approximate surface area is 302 Å². The second-order valence-corrected chi connectivity index (χ2v) is 15.5. The fourth-order valence-electron chi connectivity index (χ4n) is 8.06. The van der Waals surface area contributed by atoms with Crippen LogP contribution < -0.4 is 4.90 Å². The summed E-state index contributed by atoms with van der Waals surface area (Å²) in [6, 6.07) is 65.1. The van der Waals surface area contributed by atoms with Crippen LogP contribution >= 0.6 is 22.7 Å². The number of nitrogens with zero attached hydrogens (tertiary/aromatic N) is 1. The highest BCUT2D eigenvalue weighted by molar-refractivity contribution is 7.26. The number of anilines is 3. The zero-order valence-corrected chi connectivity index (χ0v) is 29.1. The van der Waals surface area contributed by atoms with Crippen LogP contribution in [0.25, 0.3) is 83.8 Å². The molecule has 0 amide bonds. The number of benzene rings is 9. The first-order chi connectivity index (χ1) is 25.3. The average Bonchev–Trinajstić information content (AvgIpc) is 3.75. The second-order valence-electron chi connectivity index (χ2n) is 13.3. The Morgan fingerprint density at radius 3 is 1.67 bits per heavy atom.